The molecule has 1 unspecified atom stereocenters. The largest absolute Gasteiger partial charge is 0.476 e. The molecule has 0 aromatic heterocycles. The number of ether oxygens (including phenoxy) is 1. The number of hydrogen-bond acceptors (Lipinski definition) is 2. The zero-order chi connectivity index (χ0) is 12.3. The summed E-state index contributed by atoms with van der Waals surface area (Å²) < 4.78 is 5.60. The Balaban J connectivity index is 2.54. The van der Waals surface area contributed by atoms with Crippen molar-refractivity contribution in [2.24, 2.45) is 0 Å². The van der Waals surface area contributed by atoms with Gasteiger partial charge in [0.15, 0.2) is 6.10 Å². The van der Waals surface area contributed by atoms with Crippen molar-refractivity contribution in [3.8, 4) is 11.8 Å². The number of alkyl halides is 1. The Bertz CT molecular complexity index is 574. The highest BCUT2D eigenvalue weighted by Crippen LogP contribution is 2.30. The van der Waals surface area contributed by atoms with E-state index in [0.29, 0.717) is 5.33 Å². The van der Waals surface area contributed by atoms with Crippen molar-refractivity contribution in [2.75, 3.05) is 0 Å². The summed E-state index contributed by atoms with van der Waals surface area (Å²) in [6, 6.07) is 14.2. The average molecular weight is 290 g/mol. The van der Waals surface area contributed by atoms with Gasteiger partial charge < -0.3 is 4.74 Å². The van der Waals surface area contributed by atoms with Crippen LogP contribution in [0.25, 0.3) is 10.8 Å². The Labute approximate surface area is 109 Å². The lowest BCUT2D eigenvalue weighted by Gasteiger charge is -2.13. The molecule has 0 spiro atoms. The molecule has 0 amide bonds. The van der Waals surface area contributed by atoms with Crippen LogP contribution in [-0.2, 0) is 5.33 Å². The summed E-state index contributed by atoms with van der Waals surface area (Å²) in [5.74, 6) is 0.773. The van der Waals surface area contributed by atoms with Gasteiger partial charge in [-0.1, -0.05) is 46.3 Å². The normalized spacial score (nSPS) is 12.1. The Morgan fingerprint density at radius 2 is 2.06 bits per heavy atom. The first-order valence-electron chi connectivity index (χ1n) is 5.39. The number of nitrogens with zero attached hydrogens (tertiary/aromatic N) is 1. The van der Waals surface area contributed by atoms with E-state index in [1.165, 1.54) is 5.39 Å². The maximum absolute atomic E-state index is 8.79. The molecular formula is C14H12BrNO. The fraction of sp³-hybridized carbons (Fsp3) is 0.214. The molecule has 0 saturated carbocycles. The summed E-state index contributed by atoms with van der Waals surface area (Å²) in [5, 5.41) is 11.8. The van der Waals surface area contributed by atoms with Gasteiger partial charge in [0.05, 0.1) is 0 Å². The predicted octanol–water partition coefficient (Wildman–Crippen LogP) is 4.03. The minimum absolute atomic E-state index is 0.436. The molecule has 0 N–H and O–H groups in total. The molecule has 0 radical (unpaired) electrons. The van der Waals surface area contributed by atoms with E-state index < -0.39 is 6.10 Å². The SMILES string of the molecule is CC(C#N)Oc1ccc2ccccc2c1CBr. The minimum Gasteiger partial charge on any atom is -0.476 e. The number of benzene rings is 2. The van der Waals surface area contributed by atoms with Crippen molar-refractivity contribution < 1.29 is 4.74 Å². The van der Waals surface area contributed by atoms with Crippen molar-refractivity contribution in [2.45, 2.75) is 18.4 Å². The fourth-order valence-corrected chi connectivity index (χ4v) is 2.36. The Morgan fingerprint density at radius 1 is 1.29 bits per heavy atom. The van der Waals surface area contributed by atoms with Gasteiger partial charge in [-0.2, -0.15) is 5.26 Å². The first-order chi connectivity index (χ1) is 8.26. The van der Waals surface area contributed by atoms with E-state index in [0.717, 1.165) is 16.7 Å². The van der Waals surface area contributed by atoms with Crippen molar-refractivity contribution in [3.63, 3.8) is 0 Å². The molecule has 2 aromatic rings. The molecule has 1 atom stereocenters. The Kier molecular flexibility index (Phi) is 3.65. The van der Waals surface area contributed by atoms with Crippen LogP contribution in [0.2, 0.25) is 0 Å². The zero-order valence-electron chi connectivity index (χ0n) is 9.48. The average Bonchev–Trinajstić information content (AvgIpc) is 2.38. The van der Waals surface area contributed by atoms with Crippen molar-refractivity contribution >= 4 is 26.7 Å². The molecule has 2 nitrogen and oxygen atoms in total. The first kappa shape index (κ1) is 11.9. The van der Waals surface area contributed by atoms with E-state index in [-0.39, 0.29) is 0 Å². The van der Waals surface area contributed by atoms with Crippen LogP contribution in [0.15, 0.2) is 36.4 Å². The van der Waals surface area contributed by atoms with Crippen LogP contribution in [0, 0.1) is 11.3 Å². The van der Waals surface area contributed by atoms with Crippen LogP contribution >= 0.6 is 15.9 Å². The summed E-state index contributed by atoms with van der Waals surface area (Å²) in [5.41, 5.74) is 1.09. The minimum atomic E-state index is -0.436. The highest BCUT2D eigenvalue weighted by molar-refractivity contribution is 9.08. The van der Waals surface area contributed by atoms with Crippen LogP contribution < -0.4 is 4.74 Å². The topological polar surface area (TPSA) is 33.0 Å². The summed E-state index contributed by atoms with van der Waals surface area (Å²) >= 11 is 3.48. The van der Waals surface area contributed by atoms with Crippen LogP contribution in [0.1, 0.15) is 12.5 Å². The van der Waals surface area contributed by atoms with Crippen LogP contribution in [0.3, 0.4) is 0 Å². The zero-order valence-corrected chi connectivity index (χ0v) is 11.1. The predicted molar refractivity (Wildman–Crippen MR) is 72.3 cm³/mol. The molecule has 0 aliphatic heterocycles. The Hall–Kier alpha value is -1.53. The van der Waals surface area contributed by atoms with Gasteiger partial charge in [0, 0.05) is 10.9 Å². The molecule has 0 heterocycles. The molecule has 0 fully saturated rings. The summed E-state index contributed by atoms with van der Waals surface area (Å²) in [7, 11) is 0. The van der Waals surface area contributed by atoms with Gasteiger partial charge in [-0.3, -0.25) is 0 Å². The molecule has 2 aromatic carbocycles. The quantitative estimate of drug-likeness (QED) is 0.800. The van der Waals surface area contributed by atoms with Crippen molar-refractivity contribution in [1.29, 1.82) is 5.26 Å². The van der Waals surface area contributed by atoms with Gasteiger partial charge in [0.1, 0.15) is 11.8 Å². The molecule has 86 valence electrons. The number of rotatable bonds is 3. The van der Waals surface area contributed by atoms with Crippen LogP contribution in [-0.4, -0.2) is 6.10 Å². The Morgan fingerprint density at radius 3 is 2.76 bits per heavy atom. The second-order valence-electron chi connectivity index (χ2n) is 3.79. The number of fused-ring (bicyclic) bond motifs is 1. The second kappa shape index (κ2) is 5.20. The number of halogens is 1. The maximum atomic E-state index is 8.79. The molecule has 3 heteroatoms. The monoisotopic (exact) mass is 289 g/mol. The van der Waals surface area contributed by atoms with E-state index in [1.807, 2.05) is 24.3 Å². The van der Waals surface area contributed by atoms with E-state index in [1.54, 1.807) is 6.92 Å². The standard InChI is InChI=1S/C14H12BrNO/c1-10(9-16)17-14-7-6-11-4-2-3-5-12(11)13(14)8-15/h2-7,10H,8H2,1H3. The third-order valence-electron chi connectivity index (χ3n) is 2.62. The summed E-state index contributed by atoms with van der Waals surface area (Å²) in [6.07, 6.45) is -0.436. The van der Waals surface area contributed by atoms with Crippen LogP contribution in [0.4, 0.5) is 0 Å². The summed E-state index contributed by atoms with van der Waals surface area (Å²) in [6.45, 7) is 1.74. The third-order valence-corrected chi connectivity index (χ3v) is 3.18. The van der Waals surface area contributed by atoms with Gasteiger partial charge in [0.2, 0.25) is 0 Å². The molecular weight excluding hydrogens is 278 g/mol. The highest BCUT2D eigenvalue weighted by Gasteiger charge is 2.10. The van der Waals surface area contributed by atoms with E-state index in [2.05, 4.69) is 34.1 Å². The lowest BCUT2D eigenvalue weighted by molar-refractivity contribution is 0.275. The smallest absolute Gasteiger partial charge is 0.181 e. The number of nitriles is 1. The van der Waals surface area contributed by atoms with Crippen molar-refractivity contribution in [3.05, 3.63) is 42.0 Å². The van der Waals surface area contributed by atoms with Crippen molar-refractivity contribution in [1.82, 2.24) is 0 Å². The van der Waals surface area contributed by atoms with Gasteiger partial charge >= 0.3 is 0 Å². The number of hydrogen-bond donors (Lipinski definition) is 0. The van der Waals surface area contributed by atoms with E-state index in [4.69, 9.17) is 10.00 Å². The highest BCUT2D eigenvalue weighted by atomic mass is 79.9. The van der Waals surface area contributed by atoms with E-state index >= 15 is 0 Å². The van der Waals surface area contributed by atoms with E-state index in [9.17, 15) is 0 Å². The van der Waals surface area contributed by atoms with Gasteiger partial charge in [-0.25, -0.2) is 0 Å². The third kappa shape index (κ3) is 2.42. The van der Waals surface area contributed by atoms with Gasteiger partial charge in [-0.15, -0.1) is 0 Å². The molecule has 0 bridgehead atoms. The molecule has 17 heavy (non-hydrogen) atoms. The molecule has 0 saturated heterocycles. The van der Waals surface area contributed by atoms with Gasteiger partial charge in [0.25, 0.3) is 0 Å². The lowest BCUT2D eigenvalue weighted by atomic mass is 10.0. The first-order valence-corrected chi connectivity index (χ1v) is 6.51. The fourth-order valence-electron chi connectivity index (χ4n) is 1.78. The maximum Gasteiger partial charge on any atom is 0.181 e. The molecule has 2 rings (SSSR count). The van der Waals surface area contributed by atoms with Gasteiger partial charge in [-0.05, 0) is 23.8 Å². The second-order valence-corrected chi connectivity index (χ2v) is 4.35. The lowest BCUT2D eigenvalue weighted by Crippen LogP contribution is -2.09. The summed E-state index contributed by atoms with van der Waals surface area (Å²) in [4.78, 5) is 0. The molecule has 0 aliphatic rings. The molecule has 0 aliphatic carbocycles. The van der Waals surface area contributed by atoms with Crippen LogP contribution in [0.5, 0.6) is 5.75 Å².